The van der Waals surface area contributed by atoms with Crippen LogP contribution in [0.3, 0.4) is 0 Å². The van der Waals surface area contributed by atoms with Crippen LogP contribution in [0, 0.1) is 0 Å². The summed E-state index contributed by atoms with van der Waals surface area (Å²) in [5.41, 5.74) is 0.111. The molecule has 0 saturated heterocycles. The van der Waals surface area contributed by atoms with E-state index in [9.17, 15) is 9.59 Å². The molecule has 1 heterocycles. The Balaban J connectivity index is 1.98. The van der Waals surface area contributed by atoms with E-state index in [1.807, 2.05) is 11.8 Å². The Bertz CT molecular complexity index is 453. The van der Waals surface area contributed by atoms with E-state index in [-0.39, 0.29) is 18.1 Å². The maximum atomic E-state index is 12.0. The van der Waals surface area contributed by atoms with Crippen molar-refractivity contribution in [1.29, 1.82) is 0 Å². The van der Waals surface area contributed by atoms with Gasteiger partial charge in [-0.3, -0.25) is 4.79 Å². The van der Waals surface area contributed by atoms with E-state index >= 15 is 0 Å². The first-order valence-electron chi connectivity index (χ1n) is 5.93. The van der Waals surface area contributed by atoms with Crippen molar-refractivity contribution in [2.24, 2.45) is 0 Å². The Hall–Kier alpha value is -1.92. The number of ether oxygens (including phenoxy) is 1. The minimum atomic E-state index is -0.553. The molecule has 2 rings (SSSR count). The highest BCUT2D eigenvalue weighted by molar-refractivity contribution is 5.86. The summed E-state index contributed by atoms with van der Waals surface area (Å²) >= 11 is 0. The minimum absolute atomic E-state index is 0.00122. The van der Waals surface area contributed by atoms with Gasteiger partial charge in [-0.05, 0) is 19.8 Å². The highest BCUT2D eigenvalue weighted by atomic mass is 16.5. The maximum Gasteiger partial charge on any atom is 0.360 e. The average Bonchev–Trinajstić information content (AvgIpc) is 3.08. The van der Waals surface area contributed by atoms with Crippen LogP contribution >= 0.6 is 0 Å². The Morgan fingerprint density at radius 2 is 2.28 bits per heavy atom. The van der Waals surface area contributed by atoms with E-state index in [0.717, 1.165) is 12.8 Å². The number of likely N-dealkylation sites (N-methyl/N-ethyl adjacent to an activating group) is 1. The lowest BCUT2D eigenvalue weighted by Crippen LogP contribution is -2.35. The molecule has 0 aromatic carbocycles. The first kappa shape index (κ1) is 12.5. The fourth-order valence-corrected chi connectivity index (χ4v) is 1.83. The van der Waals surface area contributed by atoms with Crippen LogP contribution in [0.4, 0.5) is 0 Å². The molecule has 1 aliphatic carbocycles. The topological polar surface area (TPSA) is 77.3 Å². The summed E-state index contributed by atoms with van der Waals surface area (Å²) in [5, 5.41) is 7.39. The average molecular weight is 252 g/mol. The lowest BCUT2D eigenvalue weighted by Gasteiger charge is -2.19. The van der Waals surface area contributed by atoms with Crippen molar-refractivity contribution in [2.75, 3.05) is 13.7 Å². The quantitative estimate of drug-likeness (QED) is 0.693. The van der Waals surface area contributed by atoms with Crippen LogP contribution in [0.1, 0.15) is 30.3 Å². The van der Waals surface area contributed by atoms with E-state index in [0.29, 0.717) is 12.6 Å². The van der Waals surface area contributed by atoms with Crippen molar-refractivity contribution in [2.45, 2.75) is 32.4 Å². The van der Waals surface area contributed by atoms with Gasteiger partial charge in [0, 0.05) is 12.6 Å². The van der Waals surface area contributed by atoms with Crippen LogP contribution in [0.15, 0.2) is 6.20 Å². The molecular weight excluding hydrogens is 236 g/mol. The molecule has 18 heavy (non-hydrogen) atoms. The molecular formula is C11H16N4O3. The number of hydrogen-bond donors (Lipinski definition) is 0. The predicted octanol–water partition coefficient (Wildman–Crippen LogP) is 0.0756. The second kappa shape index (κ2) is 5.16. The highest BCUT2D eigenvalue weighted by Gasteiger charge is 2.31. The molecule has 7 heteroatoms. The molecule has 0 spiro atoms. The summed E-state index contributed by atoms with van der Waals surface area (Å²) in [7, 11) is 1.28. The van der Waals surface area contributed by atoms with Crippen LogP contribution < -0.4 is 0 Å². The maximum absolute atomic E-state index is 12.0. The SMILES string of the molecule is CCN(C(=O)Cn1cc(C(=O)OC)nn1)C1CC1. The molecule has 0 aliphatic heterocycles. The largest absolute Gasteiger partial charge is 0.464 e. The van der Waals surface area contributed by atoms with Crippen molar-refractivity contribution in [1.82, 2.24) is 19.9 Å². The Kier molecular flexibility index (Phi) is 3.59. The summed E-state index contributed by atoms with van der Waals surface area (Å²) in [5.74, 6) is -0.551. The number of carbonyl (C=O) groups excluding carboxylic acids is 2. The third-order valence-electron chi connectivity index (χ3n) is 2.88. The van der Waals surface area contributed by atoms with E-state index in [1.165, 1.54) is 18.0 Å². The summed E-state index contributed by atoms with van der Waals surface area (Å²) < 4.78 is 5.88. The van der Waals surface area contributed by atoms with Crippen LogP contribution in [-0.2, 0) is 16.1 Å². The Labute approximate surface area is 105 Å². The van der Waals surface area contributed by atoms with Gasteiger partial charge in [0.15, 0.2) is 5.69 Å². The number of nitrogens with zero attached hydrogens (tertiary/aromatic N) is 4. The van der Waals surface area contributed by atoms with Gasteiger partial charge in [0.25, 0.3) is 0 Å². The fraction of sp³-hybridized carbons (Fsp3) is 0.636. The summed E-state index contributed by atoms with van der Waals surface area (Å²) in [6, 6.07) is 0.381. The number of esters is 1. The number of rotatable bonds is 5. The van der Waals surface area contributed by atoms with Gasteiger partial charge in [-0.2, -0.15) is 0 Å². The van der Waals surface area contributed by atoms with Crippen molar-refractivity contribution in [3.63, 3.8) is 0 Å². The Morgan fingerprint density at radius 1 is 1.56 bits per heavy atom. The van der Waals surface area contributed by atoms with Gasteiger partial charge in [0.1, 0.15) is 6.54 Å². The van der Waals surface area contributed by atoms with Crippen LogP contribution in [0.25, 0.3) is 0 Å². The van der Waals surface area contributed by atoms with Crippen molar-refractivity contribution in [3.8, 4) is 0 Å². The van der Waals surface area contributed by atoms with Gasteiger partial charge in [0.2, 0.25) is 5.91 Å². The standard InChI is InChI=1S/C11H16N4O3/c1-3-15(8-4-5-8)10(16)7-14-6-9(12-13-14)11(17)18-2/h6,8H,3-5,7H2,1-2H3. The van der Waals surface area contributed by atoms with Crippen LogP contribution in [-0.4, -0.2) is 51.5 Å². The molecule has 0 N–H and O–H groups in total. The van der Waals surface area contributed by atoms with E-state index < -0.39 is 5.97 Å². The molecule has 0 radical (unpaired) electrons. The molecule has 98 valence electrons. The molecule has 1 aromatic rings. The Morgan fingerprint density at radius 3 is 2.83 bits per heavy atom. The molecule has 1 aromatic heterocycles. The second-order valence-corrected chi connectivity index (χ2v) is 4.20. The predicted molar refractivity (Wildman–Crippen MR) is 61.8 cm³/mol. The van der Waals surface area contributed by atoms with Gasteiger partial charge in [-0.25, -0.2) is 9.48 Å². The van der Waals surface area contributed by atoms with Gasteiger partial charge in [-0.1, -0.05) is 5.21 Å². The van der Waals surface area contributed by atoms with Gasteiger partial charge >= 0.3 is 5.97 Å². The van der Waals surface area contributed by atoms with Crippen molar-refractivity contribution < 1.29 is 14.3 Å². The molecule has 0 atom stereocenters. The number of aromatic nitrogens is 3. The zero-order chi connectivity index (χ0) is 13.1. The fourth-order valence-electron chi connectivity index (χ4n) is 1.83. The first-order valence-corrected chi connectivity index (χ1v) is 5.93. The van der Waals surface area contributed by atoms with Gasteiger partial charge in [-0.15, -0.1) is 5.10 Å². The summed E-state index contributed by atoms with van der Waals surface area (Å²) in [6.07, 6.45) is 3.57. The highest BCUT2D eigenvalue weighted by Crippen LogP contribution is 2.26. The van der Waals surface area contributed by atoms with Gasteiger partial charge in [0.05, 0.1) is 13.3 Å². The number of carbonyl (C=O) groups is 2. The third kappa shape index (κ3) is 2.66. The minimum Gasteiger partial charge on any atom is -0.464 e. The summed E-state index contributed by atoms with van der Waals surface area (Å²) in [4.78, 5) is 25.0. The number of amides is 1. The monoisotopic (exact) mass is 252 g/mol. The lowest BCUT2D eigenvalue weighted by molar-refractivity contribution is -0.132. The van der Waals surface area contributed by atoms with Crippen molar-refractivity contribution in [3.05, 3.63) is 11.9 Å². The van der Waals surface area contributed by atoms with Crippen LogP contribution in [0.2, 0.25) is 0 Å². The zero-order valence-electron chi connectivity index (χ0n) is 10.5. The van der Waals surface area contributed by atoms with Crippen molar-refractivity contribution >= 4 is 11.9 Å². The zero-order valence-corrected chi connectivity index (χ0v) is 10.5. The normalized spacial score (nSPS) is 14.3. The van der Waals surface area contributed by atoms with Crippen LogP contribution in [0.5, 0.6) is 0 Å². The third-order valence-corrected chi connectivity index (χ3v) is 2.88. The lowest BCUT2D eigenvalue weighted by atomic mass is 10.4. The molecule has 0 bridgehead atoms. The molecule has 1 aliphatic rings. The van der Waals surface area contributed by atoms with E-state index in [2.05, 4.69) is 15.0 Å². The molecule has 1 amide bonds. The smallest absolute Gasteiger partial charge is 0.360 e. The van der Waals surface area contributed by atoms with E-state index in [4.69, 9.17) is 0 Å². The first-order chi connectivity index (χ1) is 8.65. The molecule has 1 fully saturated rings. The number of methoxy groups -OCH3 is 1. The van der Waals surface area contributed by atoms with E-state index in [1.54, 1.807) is 0 Å². The second-order valence-electron chi connectivity index (χ2n) is 4.20. The summed E-state index contributed by atoms with van der Waals surface area (Å²) in [6.45, 7) is 2.76. The number of hydrogen-bond acceptors (Lipinski definition) is 5. The van der Waals surface area contributed by atoms with Gasteiger partial charge < -0.3 is 9.64 Å². The molecule has 7 nitrogen and oxygen atoms in total. The molecule has 0 unspecified atom stereocenters. The molecule has 1 saturated carbocycles.